The molecule has 0 saturated carbocycles. The molecule has 110 valence electrons. The predicted octanol–water partition coefficient (Wildman–Crippen LogP) is 3.15. The number of H-pyrrole nitrogens is 1. The Bertz CT molecular complexity index is 833. The lowest BCUT2D eigenvalue weighted by Crippen LogP contribution is -2.18. The van der Waals surface area contributed by atoms with Gasteiger partial charge in [-0.3, -0.25) is 9.78 Å². The van der Waals surface area contributed by atoms with Gasteiger partial charge in [0.25, 0.3) is 5.56 Å². The third-order valence-electron chi connectivity index (χ3n) is 3.07. The molecule has 0 aliphatic heterocycles. The maximum atomic E-state index is 12.1. The zero-order chi connectivity index (χ0) is 15.4. The van der Waals surface area contributed by atoms with Crippen molar-refractivity contribution in [1.29, 1.82) is 0 Å². The van der Waals surface area contributed by atoms with Crippen molar-refractivity contribution in [2.75, 3.05) is 5.32 Å². The van der Waals surface area contributed by atoms with Crippen molar-refractivity contribution in [3.05, 3.63) is 81.2 Å². The van der Waals surface area contributed by atoms with Gasteiger partial charge in [-0.05, 0) is 23.8 Å². The number of nitrogens with one attached hydrogen (secondary N) is 2. The number of hydrogen-bond donors (Lipinski definition) is 2. The van der Waals surface area contributed by atoms with E-state index in [-0.39, 0.29) is 11.5 Å². The molecule has 2 aromatic carbocycles. The summed E-state index contributed by atoms with van der Waals surface area (Å²) in [5, 5.41) is 11.6. The van der Waals surface area contributed by atoms with Gasteiger partial charge in [-0.2, -0.15) is 0 Å². The SMILES string of the molecule is O=c1[nH]c(Nc2cccc(Cl)c2)nnc1Cc1ccccc1. The van der Waals surface area contributed by atoms with Gasteiger partial charge < -0.3 is 5.32 Å². The largest absolute Gasteiger partial charge is 0.324 e. The second kappa shape index (κ2) is 6.41. The van der Waals surface area contributed by atoms with Crippen LogP contribution in [-0.2, 0) is 6.42 Å². The van der Waals surface area contributed by atoms with E-state index >= 15 is 0 Å². The molecule has 0 saturated heterocycles. The molecule has 0 atom stereocenters. The van der Waals surface area contributed by atoms with Crippen LogP contribution < -0.4 is 10.9 Å². The van der Waals surface area contributed by atoms with Crippen LogP contribution in [-0.4, -0.2) is 15.2 Å². The molecule has 0 aliphatic carbocycles. The molecule has 3 rings (SSSR count). The summed E-state index contributed by atoms with van der Waals surface area (Å²) in [5.74, 6) is 0.282. The van der Waals surface area contributed by atoms with Crippen LogP contribution in [0.1, 0.15) is 11.3 Å². The van der Waals surface area contributed by atoms with Crippen LogP contribution in [0.5, 0.6) is 0 Å². The average Bonchev–Trinajstić information content (AvgIpc) is 2.51. The molecule has 0 bridgehead atoms. The minimum atomic E-state index is -0.261. The summed E-state index contributed by atoms with van der Waals surface area (Å²) < 4.78 is 0. The van der Waals surface area contributed by atoms with Crippen molar-refractivity contribution in [3.63, 3.8) is 0 Å². The Morgan fingerprint density at radius 1 is 1.05 bits per heavy atom. The first-order valence-electron chi connectivity index (χ1n) is 6.73. The van der Waals surface area contributed by atoms with Crippen LogP contribution in [0.3, 0.4) is 0 Å². The van der Waals surface area contributed by atoms with Gasteiger partial charge in [0.2, 0.25) is 5.95 Å². The van der Waals surface area contributed by atoms with Crippen LogP contribution in [0.2, 0.25) is 5.02 Å². The second-order valence-corrected chi connectivity index (χ2v) is 5.18. The molecular formula is C16H13ClN4O. The number of hydrogen-bond acceptors (Lipinski definition) is 4. The van der Waals surface area contributed by atoms with E-state index in [0.29, 0.717) is 17.1 Å². The Balaban J connectivity index is 1.79. The number of aromatic amines is 1. The summed E-state index contributed by atoms with van der Waals surface area (Å²) in [6.07, 6.45) is 0.445. The standard InChI is InChI=1S/C16H13ClN4O/c17-12-7-4-8-13(10-12)18-16-19-15(22)14(20-21-16)9-11-5-2-1-3-6-11/h1-8,10H,9H2,(H2,18,19,21,22). The van der Waals surface area contributed by atoms with E-state index in [2.05, 4.69) is 20.5 Å². The highest BCUT2D eigenvalue weighted by atomic mass is 35.5. The maximum Gasteiger partial charge on any atom is 0.274 e. The smallest absolute Gasteiger partial charge is 0.274 e. The van der Waals surface area contributed by atoms with Crippen LogP contribution in [0.15, 0.2) is 59.4 Å². The number of rotatable bonds is 4. The van der Waals surface area contributed by atoms with Gasteiger partial charge in [0.1, 0.15) is 5.69 Å². The summed E-state index contributed by atoms with van der Waals surface area (Å²) in [5.41, 5.74) is 1.86. The van der Waals surface area contributed by atoms with Gasteiger partial charge >= 0.3 is 0 Å². The molecule has 2 N–H and O–H groups in total. The van der Waals surface area contributed by atoms with Crippen molar-refractivity contribution in [2.45, 2.75) is 6.42 Å². The fraction of sp³-hybridized carbons (Fsp3) is 0.0625. The van der Waals surface area contributed by atoms with Gasteiger partial charge in [0.05, 0.1) is 0 Å². The highest BCUT2D eigenvalue weighted by Gasteiger charge is 2.06. The van der Waals surface area contributed by atoms with Crippen LogP contribution >= 0.6 is 11.6 Å². The van der Waals surface area contributed by atoms with Gasteiger partial charge in [0, 0.05) is 17.1 Å². The molecule has 1 aromatic heterocycles. The lowest BCUT2D eigenvalue weighted by Gasteiger charge is -2.05. The fourth-order valence-corrected chi connectivity index (χ4v) is 2.21. The van der Waals surface area contributed by atoms with Crippen LogP contribution in [0.4, 0.5) is 11.6 Å². The molecule has 6 heteroatoms. The van der Waals surface area contributed by atoms with E-state index in [1.165, 1.54) is 0 Å². The van der Waals surface area contributed by atoms with Gasteiger partial charge in [-0.15, -0.1) is 10.2 Å². The highest BCUT2D eigenvalue weighted by molar-refractivity contribution is 6.30. The van der Waals surface area contributed by atoms with Crippen molar-refractivity contribution >= 4 is 23.2 Å². The quantitative estimate of drug-likeness (QED) is 0.776. The van der Waals surface area contributed by atoms with Crippen LogP contribution in [0.25, 0.3) is 0 Å². The third kappa shape index (κ3) is 3.51. The minimum Gasteiger partial charge on any atom is -0.324 e. The Kier molecular flexibility index (Phi) is 4.16. The molecule has 0 radical (unpaired) electrons. The Morgan fingerprint density at radius 3 is 2.59 bits per heavy atom. The summed E-state index contributed by atoms with van der Waals surface area (Å²) >= 11 is 5.91. The van der Waals surface area contributed by atoms with E-state index < -0.39 is 0 Å². The molecule has 5 nitrogen and oxygen atoms in total. The Labute approximate surface area is 132 Å². The fourth-order valence-electron chi connectivity index (χ4n) is 2.02. The van der Waals surface area contributed by atoms with Crippen molar-refractivity contribution in [1.82, 2.24) is 15.2 Å². The highest BCUT2D eigenvalue weighted by Crippen LogP contribution is 2.17. The summed E-state index contributed by atoms with van der Waals surface area (Å²) in [6.45, 7) is 0. The number of anilines is 2. The molecule has 1 heterocycles. The van der Waals surface area contributed by atoms with Gasteiger partial charge in [-0.25, -0.2) is 0 Å². The first kappa shape index (κ1) is 14.3. The zero-order valence-electron chi connectivity index (χ0n) is 11.6. The molecule has 0 spiro atoms. The first-order chi connectivity index (χ1) is 10.7. The van der Waals surface area contributed by atoms with Gasteiger partial charge in [-0.1, -0.05) is 48.0 Å². The predicted molar refractivity (Wildman–Crippen MR) is 86.6 cm³/mol. The molecule has 3 aromatic rings. The lowest BCUT2D eigenvalue weighted by molar-refractivity contribution is 0.874. The molecule has 0 fully saturated rings. The van der Waals surface area contributed by atoms with Gasteiger partial charge in [0.15, 0.2) is 0 Å². The monoisotopic (exact) mass is 312 g/mol. The van der Waals surface area contributed by atoms with Crippen molar-refractivity contribution in [2.24, 2.45) is 0 Å². The zero-order valence-corrected chi connectivity index (χ0v) is 12.3. The number of nitrogens with zero attached hydrogens (tertiary/aromatic N) is 2. The number of aromatic nitrogens is 3. The van der Waals surface area contributed by atoms with Crippen molar-refractivity contribution in [3.8, 4) is 0 Å². The van der Waals surface area contributed by atoms with Crippen molar-refractivity contribution < 1.29 is 0 Å². The van der Waals surface area contributed by atoms with E-state index in [9.17, 15) is 4.79 Å². The number of halogens is 1. The molecule has 0 amide bonds. The first-order valence-corrected chi connectivity index (χ1v) is 7.11. The van der Waals surface area contributed by atoms with E-state index in [1.54, 1.807) is 18.2 Å². The molecule has 22 heavy (non-hydrogen) atoms. The maximum absolute atomic E-state index is 12.1. The molecule has 0 aliphatic rings. The second-order valence-electron chi connectivity index (χ2n) is 4.75. The Hall–Kier alpha value is -2.66. The normalized spacial score (nSPS) is 10.4. The van der Waals surface area contributed by atoms with E-state index in [4.69, 9.17) is 11.6 Å². The summed E-state index contributed by atoms with van der Waals surface area (Å²) in [4.78, 5) is 14.8. The number of benzene rings is 2. The topological polar surface area (TPSA) is 70.7 Å². The lowest BCUT2D eigenvalue weighted by atomic mass is 10.1. The average molecular weight is 313 g/mol. The van der Waals surface area contributed by atoms with Crippen LogP contribution in [0, 0.1) is 0 Å². The van der Waals surface area contributed by atoms with E-state index in [0.717, 1.165) is 11.3 Å². The summed E-state index contributed by atoms with van der Waals surface area (Å²) in [6, 6.07) is 16.8. The molecule has 0 unspecified atom stereocenters. The molecular weight excluding hydrogens is 300 g/mol. The van der Waals surface area contributed by atoms with E-state index in [1.807, 2.05) is 36.4 Å². The summed E-state index contributed by atoms with van der Waals surface area (Å²) in [7, 11) is 0. The minimum absolute atomic E-state index is 0.261. The Morgan fingerprint density at radius 2 is 1.86 bits per heavy atom. The third-order valence-corrected chi connectivity index (χ3v) is 3.30.